The third-order valence-electron chi connectivity index (χ3n) is 6.69. The molecule has 5 rings (SSSR count). The van der Waals surface area contributed by atoms with E-state index < -0.39 is 0 Å². The number of rotatable bonds is 6. The van der Waals surface area contributed by atoms with E-state index in [0.29, 0.717) is 25.1 Å². The Hall–Kier alpha value is -3.93. The fraction of sp³-hybridized carbons (Fsp3) is 0.276. The van der Waals surface area contributed by atoms with Crippen molar-refractivity contribution in [2.24, 2.45) is 0 Å². The first-order valence-electron chi connectivity index (χ1n) is 12.1. The Morgan fingerprint density at radius 3 is 2.66 bits per heavy atom. The van der Waals surface area contributed by atoms with Crippen LogP contribution in [0.5, 0.6) is 0 Å². The highest BCUT2D eigenvalue weighted by atomic mass is 16.5. The molecule has 3 aromatic carbocycles. The van der Waals surface area contributed by atoms with Crippen molar-refractivity contribution in [3.05, 3.63) is 100 Å². The van der Waals surface area contributed by atoms with Crippen LogP contribution in [-0.2, 0) is 28.9 Å². The van der Waals surface area contributed by atoms with Crippen LogP contribution in [0, 0.1) is 0 Å². The summed E-state index contributed by atoms with van der Waals surface area (Å²) >= 11 is 0. The molecule has 1 heterocycles. The minimum absolute atomic E-state index is 0.0474. The Labute approximate surface area is 204 Å². The maximum absolute atomic E-state index is 13.3. The van der Waals surface area contributed by atoms with E-state index in [0.717, 1.165) is 35.3 Å². The summed E-state index contributed by atoms with van der Waals surface area (Å²) in [6.45, 7) is 2.61. The number of nitrogens with zero attached hydrogens (tertiary/aromatic N) is 2. The summed E-state index contributed by atoms with van der Waals surface area (Å²) in [5.41, 5.74) is 7.20. The van der Waals surface area contributed by atoms with Gasteiger partial charge in [-0.3, -0.25) is 9.59 Å². The molecule has 1 atom stereocenters. The quantitative estimate of drug-likeness (QED) is 0.404. The molecule has 0 spiro atoms. The lowest BCUT2D eigenvalue weighted by Crippen LogP contribution is -2.27. The molecule has 0 saturated heterocycles. The van der Waals surface area contributed by atoms with Gasteiger partial charge in [0.15, 0.2) is 0 Å². The van der Waals surface area contributed by atoms with Crippen LogP contribution in [0.1, 0.15) is 57.7 Å². The number of fused-ring (bicyclic) bond motifs is 3. The summed E-state index contributed by atoms with van der Waals surface area (Å²) in [6, 6.07) is 22.1. The molecule has 1 amide bonds. The number of nitrogens with one attached hydrogen (secondary N) is 1. The number of H-pyrrole nitrogens is 1. The van der Waals surface area contributed by atoms with E-state index in [-0.39, 0.29) is 17.8 Å². The molecule has 1 aromatic heterocycles. The summed E-state index contributed by atoms with van der Waals surface area (Å²) in [7, 11) is 1.80. The molecular weight excluding hydrogens is 438 g/mol. The van der Waals surface area contributed by atoms with E-state index in [1.807, 2.05) is 61.5 Å². The highest BCUT2D eigenvalue weighted by molar-refractivity contribution is 5.94. The van der Waals surface area contributed by atoms with Crippen molar-refractivity contribution < 1.29 is 14.3 Å². The lowest BCUT2D eigenvalue weighted by Gasteiger charge is -2.18. The summed E-state index contributed by atoms with van der Waals surface area (Å²) < 4.78 is 5.24. The summed E-state index contributed by atoms with van der Waals surface area (Å²) in [6.07, 6.45) is 1.83. The number of para-hydroxylation sites is 2. The number of carbonyl (C=O) groups is 2. The van der Waals surface area contributed by atoms with Crippen LogP contribution in [-0.4, -0.2) is 40.4 Å². The van der Waals surface area contributed by atoms with Crippen LogP contribution in [0.15, 0.2) is 66.7 Å². The van der Waals surface area contributed by atoms with Gasteiger partial charge in [0.25, 0.3) is 5.91 Å². The maximum atomic E-state index is 13.3. The normalized spacial score (nSPS) is 14.6. The van der Waals surface area contributed by atoms with Gasteiger partial charge in [-0.05, 0) is 72.2 Å². The van der Waals surface area contributed by atoms with Gasteiger partial charge in [-0.1, -0.05) is 42.5 Å². The van der Waals surface area contributed by atoms with E-state index in [1.165, 1.54) is 16.7 Å². The number of aromatic amines is 1. The van der Waals surface area contributed by atoms with Crippen molar-refractivity contribution in [1.29, 1.82) is 0 Å². The lowest BCUT2D eigenvalue weighted by atomic mass is 9.89. The molecule has 1 unspecified atom stereocenters. The van der Waals surface area contributed by atoms with Crippen LogP contribution in [0.3, 0.4) is 0 Å². The van der Waals surface area contributed by atoms with Gasteiger partial charge in [-0.2, -0.15) is 0 Å². The van der Waals surface area contributed by atoms with Crippen molar-refractivity contribution in [1.82, 2.24) is 14.9 Å². The maximum Gasteiger partial charge on any atom is 0.306 e. The molecule has 0 fully saturated rings. The molecule has 0 saturated carbocycles. The number of imidazole rings is 1. The zero-order valence-corrected chi connectivity index (χ0v) is 20.1. The molecule has 6 nitrogen and oxygen atoms in total. The van der Waals surface area contributed by atoms with Crippen molar-refractivity contribution >= 4 is 22.9 Å². The Morgan fingerprint density at radius 2 is 1.83 bits per heavy atom. The van der Waals surface area contributed by atoms with Gasteiger partial charge >= 0.3 is 5.97 Å². The van der Waals surface area contributed by atoms with Gasteiger partial charge in [0.05, 0.1) is 30.6 Å². The van der Waals surface area contributed by atoms with E-state index >= 15 is 0 Å². The van der Waals surface area contributed by atoms with E-state index in [1.54, 1.807) is 11.9 Å². The summed E-state index contributed by atoms with van der Waals surface area (Å²) in [4.78, 5) is 35.1. The van der Waals surface area contributed by atoms with Gasteiger partial charge in [-0.25, -0.2) is 4.98 Å². The predicted octanol–water partition coefficient (Wildman–Crippen LogP) is 5.02. The first-order valence-corrected chi connectivity index (χ1v) is 12.1. The number of amides is 1. The van der Waals surface area contributed by atoms with Gasteiger partial charge < -0.3 is 14.6 Å². The van der Waals surface area contributed by atoms with Gasteiger partial charge in [0.1, 0.15) is 5.82 Å². The topological polar surface area (TPSA) is 75.3 Å². The zero-order chi connectivity index (χ0) is 24.4. The third kappa shape index (κ3) is 4.83. The smallest absolute Gasteiger partial charge is 0.306 e. The molecule has 1 N–H and O–H groups in total. The predicted molar refractivity (Wildman–Crippen MR) is 135 cm³/mol. The third-order valence-corrected chi connectivity index (χ3v) is 6.69. The second-order valence-corrected chi connectivity index (χ2v) is 9.13. The van der Waals surface area contributed by atoms with Crippen LogP contribution in [0.4, 0.5) is 0 Å². The van der Waals surface area contributed by atoms with Crippen molar-refractivity contribution in [2.45, 2.75) is 38.6 Å². The van der Waals surface area contributed by atoms with Crippen LogP contribution in [0.2, 0.25) is 0 Å². The molecule has 1 aliphatic carbocycles. The molecule has 0 radical (unpaired) electrons. The lowest BCUT2D eigenvalue weighted by molar-refractivity contribution is -0.143. The minimum Gasteiger partial charge on any atom is -0.466 e. The number of aromatic nitrogens is 2. The number of esters is 1. The molecule has 4 aromatic rings. The zero-order valence-electron chi connectivity index (χ0n) is 20.1. The van der Waals surface area contributed by atoms with Crippen LogP contribution < -0.4 is 0 Å². The minimum atomic E-state index is -0.172. The monoisotopic (exact) mass is 467 g/mol. The Morgan fingerprint density at radius 1 is 1.03 bits per heavy atom. The number of hydrogen-bond donors (Lipinski definition) is 1. The van der Waals surface area contributed by atoms with E-state index in [4.69, 9.17) is 4.74 Å². The molecule has 0 bridgehead atoms. The number of carbonyl (C=O) groups excluding carboxylic acids is 2. The summed E-state index contributed by atoms with van der Waals surface area (Å²) in [5.74, 6) is 0.597. The average Bonchev–Trinajstić information content (AvgIpc) is 3.19. The van der Waals surface area contributed by atoms with Gasteiger partial charge in [0, 0.05) is 12.6 Å². The molecule has 1 aliphatic rings. The SMILES string of the molecule is CCOC(=O)CC1Cc2ccc(C(=O)N(C)Cc3nc4ccccc4[nH]3)cc2Cc2ccccc21. The molecule has 178 valence electrons. The molecule has 6 heteroatoms. The fourth-order valence-corrected chi connectivity index (χ4v) is 5.00. The highest BCUT2D eigenvalue weighted by Crippen LogP contribution is 2.34. The fourth-order valence-electron chi connectivity index (χ4n) is 5.00. The first-order chi connectivity index (χ1) is 17.0. The number of hydrogen-bond acceptors (Lipinski definition) is 4. The van der Waals surface area contributed by atoms with Crippen LogP contribution >= 0.6 is 0 Å². The van der Waals surface area contributed by atoms with Crippen molar-refractivity contribution in [3.63, 3.8) is 0 Å². The first kappa shape index (κ1) is 22.8. The van der Waals surface area contributed by atoms with E-state index in [9.17, 15) is 9.59 Å². The number of benzene rings is 3. The molecule has 0 aliphatic heterocycles. The van der Waals surface area contributed by atoms with Gasteiger partial charge in [0.2, 0.25) is 0 Å². The second kappa shape index (κ2) is 9.74. The number of ether oxygens (including phenoxy) is 1. The van der Waals surface area contributed by atoms with Gasteiger partial charge in [-0.15, -0.1) is 0 Å². The summed E-state index contributed by atoms with van der Waals surface area (Å²) in [5, 5.41) is 0. The Kier molecular flexibility index (Phi) is 6.36. The van der Waals surface area contributed by atoms with E-state index in [2.05, 4.69) is 22.1 Å². The Bertz CT molecular complexity index is 1360. The largest absolute Gasteiger partial charge is 0.466 e. The van der Waals surface area contributed by atoms with Crippen molar-refractivity contribution in [3.8, 4) is 0 Å². The molecular formula is C29H29N3O3. The highest BCUT2D eigenvalue weighted by Gasteiger charge is 2.25. The van der Waals surface area contributed by atoms with Crippen molar-refractivity contribution in [2.75, 3.05) is 13.7 Å². The average molecular weight is 468 g/mol. The Balaban J connectivity index is 1.38. The second-order valence-electron chi connectivity index (χ2n) is 9.13. The molecule has 35 heavy (non-hydrogen) atoms. The standard InChI is InChI=1S/C29H29N3O3/c1-3-35-28(33)17-23-14-19-12-13-21(16-22(19)15-20-8-4-5-9-24(20)23)29(34)32(2)18-27-30-25-10-6-7-11-26(25)31-27/h4-13,16,23H,3,14-15,17-18H2,1-2H3,(H,30,31). The van der Waals surface area contributed by atoms with Crippen LogP contribution in [0.25, 0.3) is 11.0 Å².